The number of benzene rings is 2. The Labute approximate surface area is 270 Å². The standard InChI is InChI=1S/C10H11Cl.C9H11Cl.C8H9ClS.C7H9ClS/c1-3-8(2)9-4-6-10(11)7-5-9;1-2-3-8-4-6-9(10)7-5-8;1-3-6(2)7-4-5-8(9)10-7;1-2-3-6-4-5-7(8)9-6/h3-7H,1-2H3;4-7H,2-3H2,1H3;3-5H,1-2H3;4-5H,2-3H2,1H3/b8-3+;;6-3+;. The van der Waals surface area contributed by atoms with E-state index >= 15 is 0 Å². The second kappa shape index (κ2) is 21.2. The molecular formula is C34H40Cl4S2. The predicted octanol–water partition coefficient (Wildman–Crippen LogP) is 14.2. The quantitative estimate of drug-likeness (QED) is 0.194. The molecule has 0 atom stereocenters. The Morgan fingerprint density at radius 2 is 1.10 bits per heavy atom. The first-order valence-corrected chi connectivity index (χ1v) is 16.5. The zero-order valence-electron chi connectivity index (χ0n) is 24.2. The number of halogens is 4. The van der Waals surface area contributed by atoms with Crippen molar-refractivity contribution in [3.63, 3.8) is 0 Å². The van der Waals surface area contributed by atoms with Gasteiger partial charge in [-0.1, -0.05) is 110 Å². The first-order valence-electron chi connectivity index (χ1n) is 13.4. The molecule has 4 aromatic rings. The van der Waals surface area contributed by atoms with Crippen LogP contribution in [0.25, 0.3) is 11.1 Å². The minimum absolute atomic E-state index is 0.789. The van der Waals surface area contributed by atoms with E-state index in [1.165, 1.54) is 44.9 Å². The van der Waals surface area contributed by atoms with E-state index in [0.29, 0.717) is 0 Å². The highest BCUT2D eigenvalue weighted by Gasteiger charge is 1.97. The Bertz CT molecular complexity index is 1280. The molecule has 0 aliphatic carbocycles. The summed E-state index contributed by atoms with van der Waals surface area (Å²) in [5, 5.41) is 1.61. The van der Waals surface area contributed by atoms with E-state index in [1.807, 2.05) is 68.4 Å². The third-order valence-electron chi connectivity index (χ3n) is 5.70. The highest BCUT2D eigenvalue weighted by Crippen LogP contribution is 2.27. The van der Waals surface area contributed by atoms with Crippen molar-refractivity contribution in [2.24, 2.45) is 0 Å². The summed E-state index contributed by atoms with van der Waals surface area (Å²) >= 11 is 26.2. The van der Waals surface area contributed by atoms with Gasteiger partial charge in [-0.25, -0.2) is 0 Å². The lowest BCUT2D eigenvalue weighted by Crippen LogP contribution is -1.80. The van der Waals surface area contributed by atoms with Crippen LogP contribution < -0.4 is 0 Å². The van der Waals surface area contributed by atoms with Crippen molar-refractivity contribution in [1.82, 2.24) is 0 Å². The van der Waals surface area contributed by atoms with Gasteiger partial charge in [0.25, 0.3) is 0 Å². The molecule has 0 saturated carbocycles. The number of hydrogen-bond donors (Lipinski definition) is 0. The summed E-state index contributed by atoms with van der Waals surface area (Å²) in [6, 6.07) is 23.9. The lowest BCUT2D eigenvalue weighted by molar-refractivity contribution is 0.922. The van der Waals surface area contributed by atoms with Crippen molar-refractivity contribution >= 4 is 80.2 Å². The maximum Gasteiger partial charge on any atom is 0.0934 e. The van der Waals surface area contributed by atoms with Crippen LogP contribution in [-0.2, 0) is 12.8 Å². The van der Waals surface area contributed by atoms with Gasteiger partial charge in [-0.05, 0) is 111 Å². The van der Waals surface area contributed by atoms with Crippen molar-refractivity contribution in [2.45, 2.75) is 67.2 Å². The maximum absolute atomic E-state index is 5.75. The van der Waals surface area contributed by atoms with E-state index < -0.39 is 0 Å². The first kappa shape index (κ1) is 36.5. The Morgan fingerprint density at radius 1 is 0.600 bits per heavy atom. The van der Waals surface area contributed by atoms with Gasteiger partial charge in [0.15, 0.2) is 0 Å². The summed E-state index contributed by atoms with van der Waals surface area (Å²) in [5.74, 6) is 0. The lowest BCUT2D eigenvalue weighted by atomic mass is 10.1. The normalized spacial score (nSPS) is 10.9. The fourth-order valence-corrected chi connectivity index (χ4v) is 5.73. The minimum atomic E-state index is 0.789. The first-order chi connectivity index (χ1) is 19.1. The Kier molecular flexibility index (Phi) is 19.4. The predicted molar refractivity (Wildman–Crippen MR) is 188 cm³/mol. The van der Waals surface area contributed by atoms with Gasteiger partial charge in [0.1, 0.15) is 0 Å². The molecule has 40 heavy (non-hydrogen) atoms. The van der Waals surface area contributed by atoms with Crippen LogP contribution in [0.15, 0.2) is 84.9 Å². The highest BCUT2D eigenvalue weighted by atomic mass is 35.5. The van der Waals surface area contributed by atoms with Gasteiger partial charge >= 0.3 is 0 Å². The largest absolute Gasteiger partial charge is 0.128 e. The molecule has 0 spiro atoms. The number of allylic oxidation sites excluding steroid dienone is 4. The molecule has 6 heteroatoms. The summed E-state index contributed by atoms with van der Waals surface area (Å²) in [4.78, 5) is 2.65. The van der Waals surface area contributed by atoms with E-state index in [4.69, 9.17) is 46.4 Å². The van der Waals surface area contributed by atoms with Crippen molar-refractivity contribution in [3.8, 4) is 0 Å². The molecule has 0 bridgehead atoms. The Hall–Kier alpha value is -1.52. The molecule has 0 saturated heterocycles. The molecule has 0 aliphatic rings. The van der Waals surface area contributed by atoms with Gasteiger partial charge in [-0.2, -0.15) is 0 Å². The molecule has 216 valence electrons. The molecule has 0 amide bonds. The lowest BCUT2D eigenvalue weighted by Gasteiger charge is -1.99. The maximum atomic E-state index is 5.75. The number of thiophene rings is 2. The average Bonchev–Trinajstić information content (AvgIpc) is 3.58. The number of rotatable bonds is 6. The van der Waals surface area contributed by atoms with Crippen molar-refractivity contribution in [1.29, 1.82) is 0 Å². The van der Waals surface area contributed by atoms with Crippen LogP contribution in [0.2, 0.25) is 18.7 Å². The fourth-order valence-electron chi connectivity index (χ4n) is 3.22. The monoisotopic (exact) mass is 652 g/mol. The molecule has 0 fully saturated rings. The fraction of sp³-hybridized carbons (Fsp3) is 0.294. The molecule has 0 unspecified atom stereocenters. The summed E-state index contributed by atoms with van der Waals surface area (Å²) in [6.07, 6.45) is 8.89. The van der Waals surface area contributed by atoms with Gasteiger partial charge in [-0.3, -0.25) is 0 Å². The van der Waals surface area contributed by atoms with Gasteiger partial charge in [0.05, 0.1) is 8.67 Å². The average molecular weight is 655 g/mol. The summed E-state index contributed by atoms with van der Waals surface area (Å²) in [6.45, 7) is 12.6. The second-order valence-electron chi connectivity index (χ2n) is 8.89. The van der Waals surface area contributed by atoms with Crippen LogP contribution in [-0.4, -0.2) is 0 Å². The van der Waals surface area contributed by atoms with Gasteiger partial charge in [0.2, 0.25) is 0 Å². The molecule has 2 aromatic heterocycles. The van der Waals surface area contributed by atoms with Gasteiger partial charge < -0.3 is 0 Å². The van der Waals surface area contributed by atoms with Crippen molar-refractivity contribution in [3.05, 3.63) is 125 Å². The number of aryl methyl sites for hydroxylation is 2. The summed E-state index contributed by atoms with van der Waals surface area (Å²) < 4.78 is 1.76. The minimum Gasteiger partial charge on any atom is -0.128 e. The second-order valence-corrected chi connectivity index (χ2v) is 13.3. The molecule has 0 nitrogen and oxygen atoms in total. The molecular weight excluding hydrogens is 614 g/mol. The van der Waals surface area contributed by atoms with Crippen LogP contribution >= 0.6 is 69.1 Å². The van der Waals surface area contributed by atoms with E-state index in [1.54, 1.807) is 22.7 Å². The van der Waals surface area contributed by atoms with Crippen LogP contribution in [0, 0.1) is 0 Å². The molecule has 0 radical (unpaired) electrons. The molecule has 4 rings (SSSR count). The van der Waals surface area contributed by atoms with Crippen LogP contribution in [0.1, 0.15) is 75.3 Å². The Morgan fingerprint density at radius 3 is 1.52 bits per heavy atom. The third kappa shape index (κ3) is 15.5. The van der Waals surface area contributed by atoms with Crippen molar-refractivity contribution < 1.29 is 0 Å². The van der Waals surface area contributed by atoms with Crippen LogP contribution in [0.3, 0.4) is 0 Å². The van der Waals surface area contributed by atoms with Crippen LogP contribution in [0.5, 0.6) is 0 Å². The van der Waals surface area contributed by atoms with Crippen molar-refractivity contribution in [2.75, 3.05) is 0 Å². The smallest absolute Gasteiger partial charge is 0.0934 e. The molecule has 2 aromatic carbocycles. The highest BCUT2D eigenvalue weighted by molar-refractivity contribution is 7.17. The summed E-state index contributed by atoms with van der Waals surface area (Å²) in [7, 11) is 0. The number of hydrogen-bond acceptors (Lipinski definition) is 2. The van der Waals surface area contributed by atoms with Gasteiger partial charge in [-0.15, -0.1) is 22.7 Å². The van der Waals surface area contributed by atoms with E-state index in [2.05, 4.69) is 58.0 Å². The topological polar surface area (TPSA) is 0 Å². The van der Waals surface area contributed by atoms with E-state index in [9.17, 15) is 0 Å². The summed E-state index contributed by atoms with van der Waals surface area (Å²) in [5.41, 5.74) is 5.17. The van der Waals surface area contributed by atoms with E-state index in [-0.39, 0.29) is 0 Å². The zero-order chi connectivity index (χ0) is 29.9. The zero-order valence-corrected chi connectivity index (χ0v) is 28.9. The van der Waals surface area contributed by atoms with Gasteiger partial charge in [0, 0.05) is 19.8 Å². The molecule has 0 aliphatic heterocycles. The molecule has 2 heterocycles. The van der Waals surface area contributed by atoms with Crippen LogP contribution in [0.4, 0.5) is 0 Å². The van der Waals surface area contributed by atoms with E-state index in [0.717, 1.165) is 31.6 Å². The molecule has 0 N–H and O–H groups in total. The SMILES string of the molecule is C/C=C(\C)c1ccc(Cl)cc1.C/C=C(\C)c1ccc(Cl)s1.CCCc1ccc(Cl)cc1.CCCc1ccc(Cl)s1. The Balaban J connectivity index is 0.000000267. The third-order valence-corrected chi connectivity index (χ3v) is 8.87.